The molecular formula is C19H25NO4S. The van der Waals surface area contributed by atoms with Gasteiger partial charge in [-0.1, -0.05) is 0 Å². The van der Waals surface area contributed by atoms with E-state index >= 15 is 0 Å². The Morgan fingerprint density at radius 1 is 1.40 bits per heavy atom. The van der Waals surface area contributed by atoms with Crippen molar-refractivity contribution in [1.82, 2.24) is 4.90 Å². The summed E-state index contributed by atoms with van der Waals surface area (Å²) in [5.41, 5.74) is 1.39. The van der Waals surface area contributed by atoms with E-state index in [0.29, 0.717) is 17.1 Å². The number of thioether (sulfide) groups is 1. The van der Waals surface area contributed by atoms with Gasteiger partial charge in [-0.3, -0.25) is 4.79 Å². The molecule has 1 aliphatic rings. The highest BCUT2D eigenvalue weighted by atomic mass is 32.2. The van der Waals surface area contributed by atoms with Gasteiger partial charge < -0.3 is 19.5 Å². The van der Waals surface area contributed by atoms with Gasteiger partial charge in [-0.15, -0.1) is 11.8 Å². The van der Waals surface area contributed by atoms with Crippen molar-refractivity contribution in [1.29, 1.82) is 0 Å². The van der Waals surface area contributed by atoms with E-state index in [1.54, 1.807) is 49.2 Å². The number of benzene rings is 1. The minimum atomic E-state index is -0.0422. The predicted octanol–water partition coefficient (Wildman–Crippen LogP) is 4.02. The van der Waals surface area contributed by atoms with Gasteiger partial charge in [0.2, 0.25) is 0 Å². The zero-order chi connectivity index (χ0) is 18.6. The minimum Gasteiger partial charge on any atom is -0.508 e. The number of methoxy groups -OCH3 is 1. The second kappa shape index (κ2) is 8.34. The fraction of sp³-hybridized carbons (Fsp3) is 0.421. The van der Waals surface area contributed by atoms with Gasteiger partial charge in [0.15, 0.2) is 17.3 Å². The maximum atomic E-state index is 12.7. The van der Waals surface area contributed by atoms with Crippen LogP contribution in [0.4, 0.5) is 0 Å². The maximum Gasteiger partial charge on any atom is 0.182 e. The van der Waals surface area contributed by atoms with Gasteiger partial charge in [0, 0.05) is 17.3 Å². The molecule has 1 heterocycles. The van der Waals surface area contributed by atoms with Crippen LogP contribution in [0.3, 0.4) is 0 Å². The Morgan fingerprint density at radius 3 is 2.72 bits per heavy atom. The Labute approximate surface area is 153 Å². The molecule has 0 saturated carbocycles. The Hall–Kier alpha value is -2.08. The molecule has 6 heteroatoms. The van der Waals surface area contributed by atoms with Crippen LogP contribution in [0.1, 0.15) is 31.1 Å². The fourth-order valence-electron chi connectivity index (χ4n) is 2.69. The minimum absolute atomic E-state index is 0.0151. The second-order valence-corrected chi connectivity index (χ2v) is 7.09. The smallest absolute Gasteiger partial charge is 0.182 e. The number of hydrogen-bond donors (Lipinski definition) is 1. The number of carbonyl (C=O) groups excluding carboxylic acids is 1. The normalized spacial score (nSPS) is 18.3. The molecule has 5 nitrogen and oxygen atoms in total. The summed E-state index contributed by atoms with van der Waals surface area (Å²) in [6.45, 7) is 6.01. The lowest BCUT2D eigenvalue weighted by Crippen LogP contribution is -2.36. The van der Waals surface area contributed by atoms with Crippen molar-refractivity contribution in [2.75, 3.05) is 19.9 Å². The van der Waals surface area contributed by atoms with E-state index < -0.39 is 0 Å². The molecule has 2 atom stereocenters. The van der Waals surface area contributed by atoms with E-state index in [4.69, 9.17) is 9.47 Å². The SMILES string of the molecule is COc1ccc(C(=O)CN2C(C)=CC(O)=CC2C)cc1OC(C)SC. The first-order valence-corrected chi connectivity index (χ1v) is 9.41. The van der Waals surface area contributed by atoms with Crippen LogP contribution in [0.2, 0.25) is 0 Å². The molecule has 1 aromatic rings. The molecule has 0 aliphatic carbocycles. The van der Waals surface area contributed by atoms with Gasteiger partial charge in [0.1, 0.15) is 11.2 Å². The van der Waals surface area contributed by atoms with Crippen LogP contribution in [0.5, 0.6) is 11.5 Å². The third kappa shape index (κ3) is 4.72. The van der Waals surface area contributed by atoms with Crippen molar-refractivity contribution in [2.24, 2.45) is 0 Å². The van der Waals surface area contributed by atoms with E-state index in [-0.39, 0.29) is 29.6 Å². The van der Waals surface area contributed by atoms with Crippen molar-refractivity contribution in [3.63, 3.8) is 0 Å². The third-order valence-electron chi connectivity index (χ3n) is 4.14. The molecule has 1 aromatic carbocycles. The summed E-state index contributed by atoms with van der Waals surface area (Å²) in [4.78, 5) is 14.7. The van der Waals surface area contributed by atoms with Crippen LogP contribution in [0, 0.1) is 0 Å². The summed E-state index contributed by atoms with van der Waals surface area (Å²) in [6.07, 6.45) is 5.35. The number of ketones is 1. The number of aliphatic hydroxyl groups is 1. The monoisotopic (exact) mass is 363 g/mol. The lowest BCUT2D eigenvalue weighted by atomic mass is 10.1. The van der Waals surface area contributed by atoms with E-state index in [1.165, 1.54) is 0 Å². The molecule has 136 valence electrons. The van der Waals surface area contributed by atoms with Gasteiger partial charge in [-0.2, -0.15) is 0 Å². The molecule has 0 bridgehead atoms. The number of allylic oxidation sites excluding steroid dienone is 2. The molecular weight excluding hydrogens is 338 g/mol. The molecule has 25 heavy (non-hydrogen) atoms. The Morgan fingerprint density at radius 2 is 2.12 bits per heavy atom. The highest BCUT2D eigenvalue weighted by Crippen LogP contribution is 2.31. The number of aliphatic hydroxyl groups excluding tert-OH is 1. The van der Waals surface area contributed by atoms with E-state index in [9.17, 15) is 9.90 Å². The van der Waals surface area contributed by atoms with Gasteiger partial charge in [-0.25, -0.2) is 0 Å². The molecule has 0 saturated heterocycles. The Balaban J connectivity index is 2.19. The fourth-order valence-corrected chi connectivity index (χ4v) is 2.89. The maximum absolute atomic E-state index is 12.7. The highest BCUT2D eigenvalue weighted by molar-refractivity contribution is 7.99. The van der Waals surface area contributed by atoms with Crippen LogP contribution < -0.4 is 9.47 Å². The third-order valence-corrected chi connectivity index (χ3v) is 4.90. The predicted molar refractivity (Wildman–Crippen MR) is 102 cm³/mol. The van der Waals surface area contributed by atoms with E-state index in [1.807, 2.05) is 31.9 Å². The van der Waals surface area contributed by atoms with E-state index in [0.717, 1.165) is 5.70 Å². The molecule has 1 N–H and O–H groups in total. The van der Waals surface area contributed by atoms with Crippen molar-refractivity contribution in [3.8, 4) is 11.5 Å². The van der Waals surface area contributed by atoms with Crippen LogP contribution in [0.15, 0.2) is 41.8 Å². The second-order valence-electron chi connectivity index (χ2n) is 5.96. The molecule has 0 spiro atoms. The Bertz CT molecular complexity index is 699. The summed E-state index contributed by atoms with van der Waals surface area (Å²) in [6, 6.07) is 5.19. The number of rotatable bonds is 7. The molecule has 0 amide bonds. The summed E-state index contributed by atoms with van der Waals surface area (Å²) in [7, 11) is 1.58. The molecule has 0 aromatic heterocycles. The van der Waals surface area contributed by atoms with Gasteiger partial charge >= 0.3 is 0 Å². The van der Waals surface area contributed by atoms with Gasteiger partial charge in [0.25, 0.3) is 0 Å². The molecule has 0 fully saturated rings. The quantitative estimate of drug-likeness (QED) is 0.583. The van der Waals surface area contributed by atoms with Crippen molar-refractivity contribution < 1.29 is 19.4 Å². The first-order chi connectivity index (χ1) is 11.8. The Kier molecular flexibility index (Phi) is 6.42. The number of carbonyl (C=O) groups is 1. The largest absolute Gasteiger partial charge is 0.508 e. The lowest BCUT2D eigenvalue weighted by molar-refractivity contribution is 0.0936. The molecule has 2 unspecified atom stereocenters. The zero-order valence-electron chi connectivity index (χ0n) is 15.3. The molecule has 0 radical (unpaired) electrons. The van der Waals surface area contributed by atoms with E-state index in [2.05, 4.69) is 0 Å². The van der Waals surface area contributed by atoms with Gasteiger partial charge in [0.05, 0.1) is 13.7 Å². The van der Waals surface area contributed by atoms with Crippen LogP contribution in [0.25, 0.3) is 0 Å². The van der Waals surface area contributed by atoms with Crippen molar-refractivity contribution >= 4 is 17.5 Å². The summed E-state index contributed by atoms with van der Waals surface area (Å²) in [5, 5.41) is 9.66. The summed E-state index contributed by atoms with van der Waals surface area (Å²) >= 11 is 1.57. The van der Waals surface area contributed by atoms with Crippen LogP contribution in [-0.4, -0.2) is 47.2 Å². The van der Waals surface area contributed by atoms with Crippen LogP contribution >= 0.6 is 11.8 Å². The zero-order valence-corrected chi connectivity index (χ0v) is 16.1. The number of Topliss-reactive ketones (excluding diaryl/α,β-unsaturated/α-hetero) is 1. The highest BCUT2D eigenvalue weighted by Gasteiger charge is 2.22. The van der Waals surface area contributed by atoms with Gasteiger partial charge in [-0.05, 0) is 57.4 Å². The topological polar surface area (TPSA) is 59.0 Å². The number of nitrogens with zero attached hydrogens (tertiary/aromatic N) is 1. The van der Waals surface area contributed by atoms with Crippen molar-refractivity contribution in [3.05, 3.63) is 47.4 Å². The standard InChI is InChI=1S/C19H25NO4S/c1-12-8-16(21)9-13(2)20(12)11-17(22)15-6-7-18(23-4)19(10-15)24-14(3)25-5/h6-10,12,14,21H,11H2,1-5H3. The number of ether oxygens (including phenoxy) is 2. The number of hydrogen-bond acceptors (Lipinski definition) is 6. The average molecular weight is 363 g/mol. The van der Waals surface area contributed by atoms with Crippen LogP contribution in [-0.2, 0) is 0 Å². The first kappa shape index (κ1) is 19.2. The summed E-state index contributed by atoms with van der Waals surface area (Å²) in [5.74, 6) is 1.39. The average Bonchev–Trinajstić information content (AvgIpc) is 2.57. The summed E-state index contributed by atoms with van der Waals surface area (Å²) < 4.78 is 11.2. The van der Waals surface area contributed by atoms with Crippen molar-refractivity contribution in [2.45, 2.75) is 32.2 Å². The molecule has 2 rings (SSSR count). The first-order valence-electron chi connectivity index (χ1n) is 8.12. The molecule has 1 aliphatic heterocycles. The lowest BCUT2D eigenvalue weighted by Gasteiger charge is -2.32.